The molecule has 112 valence electrons. The highest BCUT2D eigenvalue weighted by molar-refractivity contribution is 5.50. The molecule has 1 N–H and O–H groups in total. The molecule has 0 spiro atoms. The van der Waals surface area contributed by atoms with Crippen molar-refractivity contribution in [3.05, 3.63) is 11.9 Å². The van der Waals surface area contributed by atoms with Gasteiger partial charge in [0.25, 0.3) is 0 Å². The minimum Gasteiger partial charge on any atom is -0.474 e. The Morgan fingerprint density at radius 1 is 1.35 bits per heavy atom. The van der Waals surface area contributed by atoms with Crippen molar-refractivity contribution in [3.63, 3.8) is 0 Å². The molecule has 20 heavy (non-hydrogen) atoms. The fourth-order valence-electron chi connectivity index (χ4n) is 2.95. The molecular weight excluding hydrogens is 250 g/mol. The number of nitrogens with one attached hydrogen (secondary N) is 1. The van der Waals surface area contributed by atoms with Gasteiger partial charge >= 0.3 is 0 Å². The SMILES string of the molecule is CCNc1ncnc(OC2CCCC(C)C2)c1C(C)C. The summed E-state index contributed by atoms with van der Waals surface area (Å²) in [5, 5.41) is 3.31. The average molecular weight is 277 g/mol. The van der Waals surface area contributed by atoms with Crippen molar-refractivity contribution in [2.24, 2.45) is 5.92 Å². The first-order valence-corrected chi connectivity index (χ1v) is 7.87. The number of nitrogens with zero attached hydrogens (tertiary/aromatic N) is 2. The summed E-state index contributed by atoms with van der Waals surface area (Å²) >= 11 is 0. The summed E-state index contributed by atoms with van der Waals surface area (Å²) < 4.78 is 6.21. The summed E-state index contributed by atoms with van der Waals surface area (Å²) in [7, 11) is 0. The Balaban J connectivity index is 2.19. The van der Waals surface area contributed by atoms with Gasteiger partial charge in [0.2, 0.25) is 5.88 Å². The molecule has 1 aliphatic carbocycles. The molecule has 1 fully saturated rings. The molecule has 0 radical (unpaired) electrons. The quantitative estimate of drug-likeness (QED) is 0.884. The van der Waals surface area contributed by atoms with Gasteiger partial charge in [0.1, 0.15) is 18.2 Å². The van der Waals surface area contributed by atoms with E-state index in [0.717, 1.165) is 42.6 Å². The predicted molar refractivity (Wildman–Crippen MR) is 82.3 cm³/mol. The van der Waals surface area contributed by atoms with E-state index in [-0.39, 0.29) is 0 Å². The molecule has 0 amide bonds. The zero-order valence-corrected chi connectivity index (χ0v) is 13.1. The lowest BCUT2D eigenvalue weighted by Gasteiger charge is -2.28. The van der Waals surface area contributed by atoms with Gasteiger partial charge in [-0.3, -0.25) is 0 Å². The molecule has 2 unspecified atom stereocenters. The van der Waals surface area contributed by atoms with E-state index < -0.39 is 0 Å². The molecule has 4 heteroatoms. The topological polar surface area (TPSA) is 47.0 Å². The van der Waals surface area contributed by atoms with Crippen LogP contribution in [0.4, 0.5) is 5.82 Å². The van der Waals surface area contributed by atoms with Crippen molar-refractivity contribution in [3.8, 4) is 5.88 Å². The van der Waals surface area contributed by atoms with E-state index >= 15 is 0 Å². The normalized spacial score (nSPS) is 22.9. The molecule has 4 nitrogen and oxygen atoms in total. The van der Waals surface area contributed by atoms with Crippen LogP contribution in [0.5, 0.6) is 5.88 Å². The fourth-order valence-corrected chi connectivity index (χ4v) is 2.95. The first kappa shape index (κ1) is 15.1. The van der Waals surface area contributed by atoms with Gasteiger partial charge in [0.15, 0.2) is 0 Å². The zero-order chi connectivity index (χ0) is 14.5. The zero-order valence-electron chi connectivity index (χ0n) is 13.1. The van der Waals surface area contributed by atoms with Crippen LogP contribution >= 0.6 is 0 Å². The lowest BCUT2D eigenvalue weighted by molar-refractivity contribution is 0.122. The Kier molecular flexibility index (Phi) is 5.21. The third kappa shape index (κ3) is 3.62. The summed E-state index contributed by atoms with van der Waals surface area (Å²) in [6.45, 7) is 9.57. The van der Waals surface area contributed by atoms with Gasteiger partial charge in [-0.25, -0.2) is 9.97 Å². The highest BCUT2D eigenvalue weighted by Gasteiger charge is 2.23. The molecular formula is C16H27N3O. The van der Waals surface area contributed by atoms with Crippen molar-refractivity contribution in [2.45, 2.75) is 65.4 Å². The minimum atomic E-state index is 0.306. The van der Waals surface area contributed by atoms with E-state index in [4.69, 9.17) is 4.74 Å². The van der Waals surface area contributed by atoms with Gasteiger partial charge in [-0.15, -0.1) is 0 Å². The molecule has 1 aromatic rings. The second kappa shape index (κ2) is 6.91. The number of aromatic nitrogens is 2. The highest BCUT2D eigenvalue weighted by Crippen LogP contribution is 2.33. The van der Waals surface area contributed by atoms with Crippen LogP contribution in [0.3, 0.4) is 0 Å². The van der Waals surface area contributed by atoms with Crippen LogP contribution in [-0.4, -0.2) is 22.6 Å². The molecule has 0 aromatic carbocycles. The molecule has 1 aliphatic rings. The maximum Gasteiger partial charge on any atom is 0.222 e. The van der Waals surface area contributed by atoms with Gasteiger partial charge in [-0.05, 0) is 38.0 Å². The van der Waals surface area contributed by atoms with E-state index in [1.807, 2.05) is 0 Å². The second-order valence-corrected chi connectivity index (χ2v) is 6.14. The average Bonchev–Trinajstić information content (AvgIpc) is 2.39. The minimum absolute atomic E-state index is 0.306. The van der Waals surface area contributed by atoms with Crippen LogP contribution in [0.2, 0.25) is 0 Å². The van der Waals surface area contributed by atoms with Crippen molar-refractivity contribution in [1.29, 1.82) is 0 Å². The van der Waals surface area contributed by atoms with Crippen LogP contribution in [0.15, 0.2) is 6.33 Å². The van der Waals surface area contributed by atoms with Crippen molar-refractivity contribution >= 4 is 5.82 Å². The fraction of sp³-hybridized carbons (Fsp3) is 0.750. The first-order chi connectivity index (χ1) is 9.61. The number of anilines is 1. The monoisotopic (exact) mass is 277 g/mol. The van der Waals surface area contributed by atoms with Crippen molar-refractivity contribution in [1.82, 2.24) is 9.97 Å². The molecule has 1 saturated carbocycles. The standard InChI is InChI=1S/C16H27N3O/c1-5-17-15-14(11(2)3)16(19-10-18-15)20-13-8-6-7-12(4)9-13/h10-13H,5-9H2,1-4H3,(H,17,18,19). The molecule has 1 aromatic heterocycles. The van der Waals surface area contributed by atoms with Gasteiger partial charge in [-0.2, -0.15) is 0 Å². The summed E-state index contributed by atoms with van der Waals surface area (Å²) in [5.41, 5.74) is 1.10. The molecule has 0 bridgehead atoms. The number of hydrogen-bond acceptors (Lipinski definition) is 4. The summed E-state index contributed by atoms with van der Waals surface area (Å²) in [6, 6.07) is 0. The van der Waals surface area contributed by atoms with Crippen LogP contribution < -0.4 is 10.1 Å². The van der Waals surface area contributed by atoms with Crippen LogP contribution in [0.25, 0.3) is 0 Å². The second-order valence-electron chi connectivity index (χ2n) is 6.14. The summed E-state index contributed by atoms with van der Waals surface area (Å²) in [5.74, 6) is 2.79. The number of ether oxygens (including phenoxy) is 1. The van der Waals surface area contributed by atoms with Gasteiger partial charge in [0.05, 0.1) is 5.56 Å². The predicted octanol–water partition coefficient (Wildman–Crippen LogP) is 3.99. The van der Waals surface area contributed by atoms with E-state index in [1.54, 1.807) is 6.33 Å². The van der Waals surface area contributed by atoms with Gasteiger partial charge < -0.3 is 10.1 Å². The van der Waals surface area contributed by atoms with Gasteiger partial charge in [-0.1, -0.05) is 27.2 Å². The number of hydrogen-bond donors (Lipinski definition) is 1. The largest absolute Gasteiger partial charge is 0.474 e. The van der Waals surface area contributed by atoms with Crippen molar-refractivity contribution in [2.75, 3.05) is 11.9 Å². The molecule has 0 aliphatic heterocycles. The Morgan fingerprint density at radius 3 is 2.80 bits per heavy atom. The molecule has 1 heterocycles. The number of rotatable bonds is 5. The molecule has 2 rings (SSSR count). The van der Waals surface area contributed by atoms with Gasteiger partial charge in [0, 0.05) is 6.54 Å². The van der Waals surface area contributed by atoms with E-state index in [9.17, 15) is 0 Å². The third-order valence-corrected chi connectivity index (χ3v) is 3.94. The maximum absolute atomic E-state index is 6.21. The van der Waals surface area contributed by atoms with E-state index in [2.05, 4.69) is 43.0 Å². The Bertz CT molecular complexity index is 434. The maximum atomic E-state index is 6.21. The van der Waals surface area contributed by atoms with E-state index in [0.29, 0.717) is 12.0 Å². The summed E-state index contributed by atoms with van der Waals surface area (Å²) in [6.07, 6.45) is 6.77. The van der Waals surface area contributed by atoms with Crippen molar-refractivity contribution < 1.29 is 4.74 Å². The van der Waals surface area contributed by atoms with Crippen LogP contribution in [0, 0.1) is 5.92 Å². The lowest BCUT2D eigenvalue weighted by Crippen LogP contribution is -2.25. The third-order valence-electron chi connectivity index (χ3n) is 3.94. The Hall–Kier alpha value is -1.32. The van der Waals surface area contributed by atoms with Crippen LogP contribution in [0.1, 0.15) is 64.9 Å². The Labute approximate surface area is 122 Å². The summed E-state index contributed by atoms with van der Waals surface area (Å²) in [4.78, 5) is 8.74. The van der Waals surface area contributed by atoms with Crippen LogP contribution in [-0.2, 0) is 0 Å². The smallest absolute Gasteiger partial charge is 0.222 e. The Morgan fingerprint density at radius 2 is 2.15 bits per heavy atom. The lowest BCUT2D eigenvalue weighted by atomic mass is 9.88. The molecule has 0 saturated heterocycles. The highest BCUT2D eigenvalue weighted by atomic mass is 16.5. The first-order valence-electron chi connectivity index (χ1n) is 7.87. The molecule has 2 atom stereocenters. The van der Waals surface area contributed by atoms with E-state index in [1.165, 1.54) is 12.8 Å².